The molecular formula is C18H20N4O4. The Labute approximate surface area is 151 Å². The Hall–Kier alpha value is -2.71. The van der Waals surface area contributed by atoms with E-state index in [-0.39, 0.29) is 11.9 Å². The first-order chi connectivity index (χ1) is 12.8. The molecule has 1 aromatic heterocycles. The highest BCUT2D eigenvalue weighted by atomic mass is 16.6. The summed E-state index contributed by atoms with van der Waals surface area (Å²) >= 11 is 0. The van der Waals surface area contributed by atoms with E-state index in [1.54, 1.807) is 0 Å². The number of amides is 1. The van der Waals surface area contributed by atoms with Crippen LogP contribution in [0.15, 0.2) is 36.5 Å². The number of morpholine rings is 1. The lowest BCUT2D eigenvalue weighted by Crippen LogP contribution is -2.44. The predicted octanol–water partition coefficient (Wildman–Crippen LogP) is 1.26. The third kappa shape index (κ3) is 3.61. The lowest BCUT2D eigenvalue weighted by molar-refractivity contribution is -0.123. The largest absolute Gasteiger partial charge is 0.483 e. The second-order valence-corrected chi connectivity index (χ2v) is 6.01. The second kappa shape index (κ2) is 7.67. The fraction of sp³-hybridized carbons (Fsp3) is 0.389. The summed E-state index contributed by atoms with van der Waals surface area (Å²) < 4.78 is 16.3. The molecule has 2 aromatic rings. The summed E-state index contributed by atoms with van der Waals surface area (Å²) in [5, 5.41) is 2.81. The lowest BCUT2D eigenvalue weighted by Gasteiger charge is -2.33. The summed E-state index contributed by atoms with van der Waals surface area (Å²) in [7, 11) is 0. The van der Waals surface area contributed by atoms with Crippen LogP contribution in [0.1, 0.15) is 11.6 Å². The summed E-state index contributed by atoms with van der Waals surface area (Å²) in [5.74, 6) is 0.856. The van der Waals surface area contributed by atoms with Crippen molar-refractivity contribution in [2.24, 2.45) is 0 Å². The molecule has 0 bridgehead atoms. The Morgan fingerprint density at radius 2 is 1.85 bits per heavy atom. The van der Waals surface area contributed by atoms with Gasteiger partial charge in [0, 0.05) is 13.1 Å². The summed E-state index contributed by atoms with van der Waals surface area (Å²) in [5.41, 5.74) is 0.921. The molecule has 136 valence electrons. The maximum Gasteiger partial charge on any atom is 0.262 e. The number of nitrogens with zero attached hydrogens (tertiary/aromatic N) is 3. The molecule has 1 N–H and O–H groups in total. The van der Waals surface area contributed by atoms with Crippen molar-refractivity contribution in [3.05, 3.63) is 42.1 Å². The quantitative estimate of drug-likeness (QED) is 0.883. The average molecular weight is 356 g/mol. The number of hydrogen-bond acceptors (Lipinski definition) is 7. The van der Waals surface area contributed by atoms with Crippen LogP contribution in [-0.4, -0.2) is 60.3 Å². The highest BCUT2D eigenvalue weighted by Gasteiger charge is 2.29. The second-order valence-electron chi connectivity index (χ2n) is 6.01. The third-order valence-electron chi connectivity index (χ3n) is 4.31. The molecule has 8 heteroatoms. The topological polar surface area (TPSA) is 85.8 Å². The van der Waals surface area contributed by atoms with Crippen molar-refractivity contribution < 1.29 is 19.0 Å². The molecule has 0 saturated carbocycles. The van der Waals surface area contributed by atoms with Crippen LogP contribution in [0.2, 0.25) is 0 Å². The molecule has 1 fully saturated rings. The van der Waals surface area contributed by atoms with E-state index in [9.17, 15) is 4.79 Å². The molecule has 1 saturated heterocycles. The maximum atomic E-state index is 13.0. The zero-order valence-electron chi connectivity index (χ0n) is 14.3. The Bertz CT molecular complexity index is 765. The van der Waals surface area contributed by atoms with E-state index in [0.717, 1.165) is 5.56 Å². The minimum absolute atomic E-state index is 0.185. The Morgan fingerprint density at radius 1 is 1.08 bits per heavy atom. The molecule has 1 atom stereocenters. The van der Waals surface area contributed by atoms with Gasteiger partial charge in [0.25, 0.3) is 5.88 Å². The van der Waals surface area contributed by atoms with E-state index in [2.05, 4.69) is 20.2 Å². The molecule has 26 heavy (non-hydrogen) atoms. The molecular weight excluding hydrogens is 336 g/mol. The number of benzene rings is 1. The first-order valence-corrected chi connectivity index (χ1v) is 8.61. The Kier molecular flexibility index (Phi) is 4.94. The van der Waals surface area contributed by atoms with Gasteiger partial charge in [0.05, 0.1) is 19.4 Å². The summed E-state index contributed by atoms with van der Waals surface area (Å²) in [4.78, 5) is 23.5. The monoisotopic (exact) mass is 356 g/mol. The van der Waals surface area contributed by atoms with Crippen LogP contribution >= 0.6 is 0 Å². The van der Waals surface area contributed by atoms with Gasteiger partial charge in [-0.25, -0.2) is 4.98 Å². The van der Waals surface area contributed by atoms with E-state index in [4.69, 9.17) is 14.2 Å². The number of anilines is 1. The van der Waals surface area contributed by atoms with Crippen LogP contribution in [0.3, 0.4) is 0 Å². The van der Waals surface area contributed by atoms with Crippen molar-refractivity contribution in [3.8, 4) is 11.6 Å². The molecule has 1 aromatic carbocycles. The normalized spacial score (nSPS) is 18.2. The van der Waals surface area contributed by atoms with Crippen molar-refractivity contribution in [1.82, 2.24) is 14.9 Å². The summed E-state index contributed by atoms with van der Waals surface area (Å²) in [6.07, 6.45) is 1.52. The zero-order chi connectivity index (χ0) is 17.8. The number of aromatic nitrogens is 2. The standard InChI is InChI=1S/C18H20N4O4/c23-16(20-18-19-12-14-17(21-18)26-11-10-25-14)15(13-4-2-1-3-5-13)22-6-8-24-9-7-22/h1-5,12,15H,6-11H2,(H,19,20,21,23). The van der Waals surface area contributed by atoms with Crippen molar-refractivity contribution >= 4 is 11.9 Å². The Balaban J connectivity index is 1.56. The molecule has 4 rings (SSSR count). The minimum atomic E-state index is -0.433. The smallest absolute Gasteiger partial charge is 0.262 e. The van der Waals surface area contributed by atoms with Gasteiger partial charge in [-0.05, 0) is 5.56 Å². The molecule has 8 nitrogen and oxygen atoms in total. The van der Waals surface area contributed by atoms with Crippen LogP contribution < -0.4 is 14.8 Å². The number of carbonyl (C=O) groups is 1. The van der Waals surface area contributed by atoms with Crippen LogP contribution in [0.5, 0.6) is 11.6 Å². The van der Waals surface area contributed by atoms with Crippen LogP contribution in [0, 0.1) is 0 Å². The van der Waals surface area contributed by atoms with Gasteiger partial charge in [-0.15, -0.1) is 0 Å². The number of carbonyl (C=O) groups excluding carboxylic acids is 1. The van der Waals surface area contributed by atoms with E-state index < -0.39 is 6.04 Å². The molecule has 3 heterocycles. The average Bonchev–Trinajstić information content (AvgIpc) is 2.70. The van der Waals surface area contributed by atoms with E-state index in [1.807, 2.05) is 30.3 Å². The molecule has 2 aliphatic rings. The van der Waals surface area contributed by atoms with Crippen LogP contribution in [0.4, 0.5) is 5.95 Å². The van der Waals surface area contributed by atoms with Crippen LogP contribution in [0.25, 0.3) is 0 Å². The van der Waals surface area contributed by atoms with E-state index in [0.29, 0.717) is 51.1 Å². The molecule has 1 unspecified atom stereocenters. The molecule has 1 amide bonds. The number of nitrogens with one attached hydrogen (secondary N) is 1. The van der Waals surface area contributed by atoms with Gasteiger partial charge in [-0.1, -0.05) is 30.3 Å². The van der Waals surface area contributed by atoms with Crippen LogP contribution in [-0.2, 0) is 9.53 Å². The SMILES string of the molecule is O=C(Nc1ncc2c(n1)OCCO2)C(c1ccccc1)N1CCOCC1. The first-order valence-electron chi connectivity index (χ1n) is 8.61. The maximum absolute atomic E-state index is 13.0. The Morgan fingerprint density at radius 3 is 2.65 bits per heavy atom. The highest BCUT2D eigenvalue weighted by Crippen LogP contribution is 2.28. The molecule has 0 radical (unpaired) electrons. The van der Waals surface area contributed by atoms with Gasteiger partial charge in [0.1, 0.15) is 19.3 Å². The number of ether oxygens (including phenoxy) is 3. The summed E-state index contributed by atoms with van der Waals surface area (Å²) in [6, 6.07) is 9.25. The van der Waals surface area contributed by atoms with Crippen molar-refractivity contribution in [2.75, 3.05) is 44.8 Å². The number of hydrogen-bond donors (Lipinski definition) is 1. The fourth-order valence-corrected chi connectivity index (χ4v) is 3.09. The van der Waals surface area contributed by atoms with Gasteiger partial charge in [0.2, 0.25) is 11.9 Å². The van der Waals surface area contributed by atoms with Crippen molar-refractivity contribution in [2.45, 2.75) is 6.04 Å². The van der Waals surface area contributed by atoms with Gasteiger partial charge >= 0.3 is 0 Å². The molecule has 2 aliphatic heterocycles. The van der Waals surface area contributed by atoms with Gasteiger partial charge in [-0.3, -0.25) is 15.0 Å². The zero-order valence-corrected chi connectivity index (χ0v) is 14.3. The number of rotatable bonds is 4. The van der Waals surface area contributed by atoms with E-state index in [1.165, 1.54) is 6.20 Å². The van der Waals surface area contributed by atoms with E-state index >= 15 is 0 Å². The summed E-state index contributed by atoms with van der Waals surface area (Å²) in [6.45, 7) is 3.49. The lowest BCUT2D eigenvalue weighted by atomic mass is 10.0. The fourth-order valence-electron chi connectivity index (χ4n) is 3.09. The van der Waals surface area contributed by atoms with Gasteiger partial charge < -0.3 is 14.2 Å². The predicted molar refractivity (Wildman–Crippen MR) is 93.2 cm³/mol. The minimum Gasteiger partial charge on any atom is -0.483 e. The highest BCUT2D eigenvalue weighted by molar-refractivity contribution is 5.94. The van der Waals surface area contributed by atoms with Gasteiger partial charge in [-0.2, -0.15) is 4.98 Å². The van der Waals surface area contributed by atoms with Crippen molar-refractivity contribution in [1.29, 1.82) is 0 Å². The third-order valence-corrected chi connectivity index (χ3v) is 4.31. The van der Waals surface area contributed by atoms with Crippen molar-refractivity contribution in [3.63, 3.8) is 0 Å². The molecule has 0 spiro atoms. The first kappa shape index (κ1) is 16.7. The van der Waals surface area contributed by atoms with Gasteiger partial charge in [0.15, 0.2) is 5.75 Å². The number of fused-ring (bicyclic) bond motifs is 1. The molecule has 0 aliphatic carbocycles.